The average Bonchev–Trinajstić information content (AvgIpc) is 2.54. The molecule has 2 rings (SSSR count). The lowest BCUT2D eigenvalue weighted by atomic mass is 10.1. The Morgan fingerprint density at radius 3 is 2.25 bits per heavy atom. The van der Waals surface area contributed by atoms with Gasteiger partial charge in [0.15, 0.2) is 0 Å². The van der Waals surface area contributed by atoms with Crippen LogP contribution in [0.3, 0.4) is 0 Å². The zero-order chi connectivity index (χ0) is 17.7. The van der Waals surface area contributed by atoms with Crippen molar-refractivity contribution in [1.29, 1.82) is 0 Å². The van der Waals surface area contributed by atoms with Crippen LogP contribution in [0.15, 0.2) is 42.6 Å². The molecule has 0 bridgehead atoms. The van der Waals surface area contributed by atoms with Gasteiger partial charge in [-0.25, -0.2) is 4.79 Å². The molecule has 126 valence electrons. The molecule has 0 radical (unpaired) electrons. The lowest BCUT2D eigenvalue weighted by molar-refractivity contribution is -0.137. The van der Waals surface area contributed by atoms with E-state index in [9.17, 15) is 22.8 Å². The van der Waals surface area contributed by atoms with E-state index in [4.69, 9.17) is 5.11 Å². The number of hydrogen-bond donors (Lipinski definition) is 2. The molecule has 1 heterocycles. The van der Waals surface area contributed by atoms with Crippen molar-refractivity contribution in [2.45, 2.75) is 12.6 Å². The van der Waals surface area contributed by atoms with Crippen molar-refractivity contribution in [3.63, 3.8) is 0 Å². The van der Waals surface area contributed by atoms with Gasteiger partial charge in [-0.2, -0.15) is 13.2 Å². The van der Waals surface area contributed by atoms with Gasteiger partial charge in [-0.05, 0) is 36.2 Å². The maximum Gasteiger partial charge on any atom is 0.417 e. The third kappa shape index (κ3) is 4.55. The largest absolute Gasteiger partial charge is 0.478 e. The van der Waals surface area contributed by atoms with E-state index in [2.05, 4.69) is 10.3 Å². The van der Waals surface area contributed by atoms with Crippen molar-refractivity contribution < 1.29 is 27.9 Å². The number of nitrogens with zero attached hydrogens (tertiary/aromatic N) is 1. The van der Waals surface area contributed by atoms with Gasteiger partial charge in [0.2, 0.25) is 0 Å². The maximum atomic E-state index is 12.4. The number of pyridine rings is 1. The van der Waals surface area contributed by atoms with Gasteiger partial charge in [0.05, 0.1) is 11.1 Å². The third-order valence-electron chi connectivity index (χ3n) is 3.22. The second-order valence-electron chi connectivity index (χ2n) is 4.94. The van der Waals surface area contributed by atoms with Crippen LogP contribution in [0.2, 0.25) is 0 Å². The molecule has 0 aliphatic carbocycles. The first kappa shape index (κ1) is 17.5. The normalized spacial score (nSPS) is 11.1. The Kier molecular flexibility index (Phi) is 5.18. The molecule has 0 aliphatic rings. The quantitative estimate of drug-likeness (QED) is 0.879. The second-order valence-corrected chi connectivity index (χ2v) is 4.94. The van der Waals surface area contributed by atoms with Gasteiger partial charge in [0, 0.05) is 12.7 Å². The Hall–Kier alpha value is -2.90. The number of rotatable bonds is 5. The highest BCUT2D eigenvalue weighted by molar-refractivity contribution is 5.92. The monoisotopic (exact) mass is 338 g/mol. The van der Waals surface area contributed by atoms with Crippen molar-refractivity contribution in [2.75, 3.05) is 6.54 Å². The Morgan fingerprint density at radius 2 is 1.75 bits per heavy atom. The molecular weight excluding hydrogens is 325 g/mol. The van der Waals surface area contributed by atoms with Gasteiger partial charge in [0.25, 0.3) is 5.91 Å². The van der Waals surface area contributed by atoms with E-state index >= 15 is 0 Å². The number of hydrogen-bond acceptors (Lipinski definition) is 3. The van der Waals surface area contributed by atoms with Crippen molar-refractivity contribution >= 4 is 11.9 Å². The number of carboxylic acids is 1. The van der Waals surface area contributed by atoms with Crippen LogP contribution in [0.25, 0.3) is 0 Å². The molecule has 24 heavy (non-hydrogen) atoms. The summed E-state index contributed by atoms with van der Waals surface area (Å²) in [6.45, 7) is 0.244. The zero-order valence-electron chi connectivity index (χ0n) is 12.3. The van der Waals surface area contributed by atoms with Crippen LogP contribution < -0.4 is 5.32 Å². The molecular formula is C16H13F3N2O3. The molecule has 1 aromatic carbocycles. The molecule has 1 aromatic heterocycles. The molecule has 0 fully saturated rings. The smallest absolute Gasteiger partial charge is 0.417 e. The van der Waals surface area contributed by atoms with Gasteiger partial charge in [0.1, 0.15) is 5.69 Å². The number of aromatic nitrogens is 1. The van der Waals surface area contributed by atoms with Gasteiger partial charge in [-0.1, -0.05) is 12.1 Å². The summed E-state index contributed by atoms with van der Waals surface area (Å²) < 4.78 is 37.2. The van der Waals surface area contributed by atoms with Crippen LogP contribution in [0.4, 0.5) is 13.2 Å². The summed E-state index contributed by atoms with van der Waals surface area (Å²) in [4.78, 5) is 26.0. The molecule has 0 unspecified atom stereocenters. The van der Waals surface area contributed by atoms with Crippen LogP contribution in [-0.2, 0) is 12.6 Å². The van der Waals surface area contributed by atoms with E-state index in [0.717, 1.165) is 17.7 Å². The minimum absolute atomic E-state index is 0.107. The molecule has 0 saturated heterocycles. The van der Waals surface area contributed by atoms with Crippen molar-refractivity contribution in [2.24, 2.45) is 0 Å². The first-order valence-corrected chi connectivity index (χ1v) is 6.91. The van der Waals surface area contributed by atoms with Crippen molar-refractivity contribution in [3.8, 4) is 0 Å². The molecule has 0 spiro atoms. The Balaban J connectivity index is 1.88. The van der Waals surface area contributed by atoms with Gasteiger partial charge >= 0.3 is 12.1 Å². The van der Waals surface area contributed by atoms with Gasteiger partial charge in [-0.15, -0.1) is 0 Å². The Labute approximate surface area is 135 Å². The number of carbonyl (C=O) groups is 2. The SMILES string of the molecule is O=C(O)c1ccc(CCNC(=O)c2ccc(C(F)(F)F)cn2)cc1. The lowest BCUT2D eigenvalue weighted by Crippen LogP contribution is -2.26. The molecule has 5 nitrogen and oxygen atoms in total. The number of alkyl halides is 3. The van der Waals surface area contributed by atoms with E-state index in [-0.39, 0.29) is 17.8 Å². The highest BCUT2D eigenvalue weighted by atomic mass is 19.4. The van der Waals surface area contributed by atoms with Crippen LogP contribution in [0, 0.1) is 0 Å². The molecule has 8 heteroatoms. The van der Waals surface area contributed by atoms with Crippen molar-refractivity contribution in [1.82, 2.24) is 10.3 Å². The summed E-state index contributed by atoms with van der Waals surface area (Å²) in [5.41, 5.74) is -0.0424. The summed E-state index contributed by atoms with van der Waals surface area (Å²) in [7, 11) is 0. The third-order valence-corrected chi connectivity index (χ3v) is 3.22. The summed E-state index contributed by atoms with van der Waals surface area (Å²) in [6.07, 6.45) is -3.43. The highest BCUT2D eigenvalue weighted by Gasteiger charge is 2.30. The molecule has 1 amide bonds. The van der Waals surface area contributed by atoms with E-state index in [0.29, 0.717) is 12.6 Å². The van der Waals surface area contributed by atoms with Gasteiger partial charge in [-0.3, -0.25) is 9.78 Å². The predicted octanol–water partition coefficient (Wildman–Crippen LogP) is 2.77. The van der Waals surface area contributed by atoms with Crippen LogP contribution in [0.5, 0.6) is 0 Å². The highest BCUT2D eigenvalue weighted by Crippen LogP contribution is 2.28. The van der Waals surface area contributed by atoms with E-state index in [1.807, 2.05) is 0 Å². The molecule has 0 aliphatic heterocycles. The second kappa shape index (κ2) is 7.12. The Morgan fingerprint density at radius 1 is 1.08 bits per heavy atom. The zero-order valence-corrected chi connectivity index (χ0v) is 12.3. The van der Waals surface area contributed by atoms with Crippen LogP contribution in [0.1, 0.15) is 32.0 Å². The number of benzene rings is 1. The number of aromatic carboxylic acids is 1. The van der Waals surface area contributed by atoms with Crippen LogP contribution >= 0.6 is 0 Å². The summed E-state index contributed by atoms with van der Waals surface area (Å²) in [5.74, 6) is -1.60. The van der Waals surface area contributed by atoms with E-state index in [1.54, 1.807) is 12.1 Å². The van der Waals surface area contributed by atoms with Gasteiger partial charge < -0.3 is 10.4 Å². The number of halogens is 3. The molecule has 2 N–H and O–H groups in total. The predicted molar refractivity (Wildman–Crippen MR) is 78.7 cm³/mol. The number of carbonyl (C=O) groups excluding carboxylic acids is 1. The fraction of sp³-hybridized carbons (Fsp3) is 0.188. The standard InChI is InChI=1S/C16H13F3N2O3/c17-16(18,19)12-5-6-13(21-9-12)14(22)20-8-7-10-1-3-11(4-2-10)15(23)24/h1-6,9H,7-8H2,(H,20,22)(H,23,24). The summed E-state index contributed by atoms with van der Waals surface area (Å²) >= 11 is 0. The summed E-state index contributed by atoms with van der Waals surface area (Å²) in [5, 5.41) is 11.3. The van der Waals surface area contributed by atoms with Crippen molar-refractivity contribution in [3.05, 3.63) is 65.0 Å². The topological polar surface area (TPSA) is 79.3 Å². The van der Waals surface area contributed by atoms with E-state index in [1.165, 1.54) is 12.1 Å². The first-order chi connectivity index (χ1) is 11.3. The molecule has 0 saturated carbocycles. The lowest BCUT2D eigenvalue weighted by Gasteiger charge is -2.08. The summed E-state index contributed by atoms with van der Waals surface area (Å²) in [6, 6.07) is 7.98. The average molecular weight is 338 g/mol. The number of nitrogens with one attached hydrogen (secondary N) is 1. The minimum Gasteiger partial charge on any atom is -0.478 e. The molecule has 0 atom stereocenters. The minimum atomic E-state index is -4.50. The fourth-order valence-corrected chi connectivity index (χ4v) is 1.92. The Bertz CT molecular complexity index is 726. The van der Waals surface area contributed by atoms with Crippen LogP contribution in [-0.4, -0.2) is 28.5 Å². The van der Waals surface area contributed by atoms with E-state index < -0.39 is 23.6 Å². The maximum absolute atomic E-state index is 12.4. The molecule has 2 aromatic rings. The number of amides is 1. The number of carboxylic acid groups (broad SMARTS) is 1. The first-order valence-electron chi connectivity index (χ1n) is 6.91. The fourth-order valence-electron chi connectivity index (χ4n) is 1.92.